The monoisotopic (exact) mass is 456 g/mol. The normalized spacial score (nSPS) is 11.0. The fourth-order valence-corrected chi connectivity index (χ4v) is 2.90. The molecule has 0 saturated carbocycles. The van der Waals surface area contributed by atoms with Gasteiger partial charge in [-0.1, -0.05) is 0 Å². The second kappa shape index (κ2) is 6.89. The van der Waals surface area contributed by atoms with Crippen LogP contribution in [0.2, 0.25) is 5.02 Å². The molecule has 11 heteroatoms. The van der Waals surface area contributed by atoms with E-state index in [4.69, 9.17) is 26.8 Å². The second-order valence-electron chi connectivity index (χ2n) is 4.50. The van der Waals surface area contributed by atoms with Crippen LogP contribution in [0.4, 0.5) is 0 Å². The molecule has 0 unspecified atom stereocenters. The summed E-state index contributed by atoms with van der Waals surface area (Å²) in [6.07, 6.45) is 1.56. The van der Waals surface area contributed by atoms with Gasteiger partial charge in [0.15, 0.2) is 0 Å². The number of aromatic nitrogens is 5. The first-order valence-electron chi connectivity index (χ1n) is 6.51. The van der Waals surface area contributed by atoms with Crippen LogP contribution in [0.3, 0.4) is 0 Å². The zero-order valence-corrected chi connectivity index (χ0v) is 15.4. The number of halogens is 2. The van der Waals surface area contributed by atoms with E-state index >= 15 is 0 Å². The van der Waals surface area contributed by atoms with Crippen molar-refractivity contribution >= 4 is 34.4 Å². The number of nitrogens with one attached hydrogen (secondary N) is 1. The van der Waals surface area contributed by atoms with Crippen molar-refractivity contribution in [1.29, 1.82) is 0 Å². The molecule has 0 fully saturated rings. The van der Waals surface area contributed by atoms with Gasteiger partial charge in [0.25, 0.3) is 0 Å². The molecule has 2 radical (unpaired) electrons. The van der Waals surface area contributed by atoms with Crippen LogP contribution in [0, 0.1) is 3.83 Å². The van der Waals surface area contributed by atoms with Crippen molar-refractivity contribution < 1.29 is 35.3 Å². The van der Waals surface area contributed by atoms with Gasteiger partial charge < -0.3 is 0 Å². The molecule has 0 spiro atoms. The zero-order chi connectivity index (χ0) is 17.3. The Bertz CT molecular complexity index is 935. The van der Waals surface area contributed by atoms with E-state index in [1.54, 1.807) is 12.3 Å². The fraction of sp³-hybridized carbons (Fsp3) is 0.154. The number of fused-ring (bicyclic) bond motifs is 1. The number of rotatable bonds is 4. The van der Waals surface area contributed by atoms with Gasteiger partial charge in [0.2, 0.25) is 0 Å². The minimum absolute atomic E-state index is 0.0460. The van der Waals surface area contributed by atoms with E-state index in [-0.39, 0.29) is 6.01 Å². The van der Waals surface area contributed by atoms with Crippen molar-refractivity contribution in [3.8, 4) is 23.1 Å². The molecule has 122 valence electrons. The number of carbonyl (C=O) groups excluding carboxylic acids is 1. The molecule has 1 N–H and O–H groups in total. The van der Waals surface area contributed by atoms with Gasteiger partial charge in [-0.15, -0.1) is 0 Å². The predicted molar refractivity (Wildman–Crippen MR) is 82.2 cm³/mol. The van der Waals surface area contributed by atoms with Gasteiger partial charge in [-0.05, 0) is 0 Å². The number of hydrogen-bond donors (Lipinski definition) is 1. The van der Waals surface area contributed by atoms with Gasteiger partial charge in [0.05, 0.1) is 0 Å². The van der Waals surface area contributed by atoms with Crippen LogP contribution in [0.1, 0.15) is 6.92 Å². The summed E-state index contributed by atoms with van der Waals surface area (Å²) in [4.78, 5) is 30.8. The van der Waals surface area contributed by atoms with Crippen molar-refractivity contribution in [2.75, 3.05) is 7.11 Å². The minimum atomic E-state index is -0.760. The standard InChI is InChI=1S/C13H9BClIN5O3/c1-5(22)24-13-18-8-3-7(15)9(19-10(8)20-13)6-4-17-12(16-14)21-11(6)23-2/h3-4H,1-2H3,(H,18,19,20)/q-1. The van der Waals surface area contributed by atoms with E-state index in [2.05, 4.69) is 24.9 Å². The molecule has 3 aromatic rings. The third-order valence-corrected chi connectivity index (χ3v) is 4.28. The summed E-state index contributed by atoms with van der Waals surface area (Å²) in [5.74, 6) is -0.161. The topological polar surface area (TPSA) is 103 Å². The van der Waals surface area contributed by atoms with Crippen LogP contribution in [0.25, 0.3) is 22.4 Å². The number of methoxy groups -OCH3 is 1. The molecule has 24 heavy (non-hydrogen) atoms. The van der Waals surface area contributed by atoms with Gasteiger partial charge in [0.1, 0.15) is 0 Å². The number of imidazole rings is 1. The van der Waals surface area contributed by atoms with Crippen LogP contribution in [0.15, 0.2) is 12.3 Å². The first kappa shape index (κ1) is 16.9. The quantitative estimate of drug-likeness (QED) is 0.217. The summed E-state index contributed by atoms with van der Waals surface area (Å²) < 4.78 is 10.7. The first-order valence-corrected chi connectivity index (χ1v) is 9.21. The van der Waals surface area contributed by atoms with E-state index in [9.17, 15) is 4.79 Å². The average Bonchev–Trinajstić information content (AvgIpc) is 2.93. The Balaban J connectivity index is 2.12. The summed E-state index contributed by atoms with van der Waals surface area (Å²) in [6.45, 7) is 1.28. The van der Waals surface area contributed by atoms with E-state index in [0.717, 1.165) is 0 Å². The Labute approximate surface area is 152 Å². The molecule has 0 saturated heterocycles. The molecule has 0 aliphatic carbocycles. The Hall–Kier alpha value is -1.95. The molecule has 0 amide bonds. The second-order valence-corrected chi connectivity index (χ2v) is 6.49. The number of aromatic amines is 1. The number of H-pyrrole nitrogens is 1. The number of carbonyl (C=O) groups is 1. The van der Waals surface area contributed by atoms with Crippen LogP contribution in [-0.4, -0.2) is 43.7 Å². The predicted octanol–water partition coefficient (Wildman–Crippen LogP) is -1.66. The van der Waals surface area contributed by atoms with E-state index in [1.807, 2.05) is 0 Å². The fourth-order valence-electron chi connectivity index (χ4n) is 1.99. The van der Waals surface area contributed by atoms with Crippen molar-refractivity contribution in [1.82, 2.24) is 24.9 Å². The third kappa shape index (κ3) is 3.29. The Kier molecular flexibility index (Phi) is 4.85. The first-order chi connectivity index (χ1) is 11.5. The molecule has 0 atom stereocenters. The Morgan fingerprint density at radius 3 is 2.83 bits per heavy atom. The van der Waals surface area contributed by atoms with Gasteiger partial charge in [-0.3, -0.25) is 0 Å². The Morgan fingerprint density at radius 1 is 1.38 bits per heavy atom. The van der Waals surface area contributed by atoms with Crippen LogP contribution in [0.5, 0.6) is 11.9 Å². The number of nitrogens with zero attached hydrogens (tertiary/aromatic N) is 4. The summed E-state index contributed by atoms with van der Waals surface area (Å²) in [5.41, 5.74) is 7.43. The number of pyridine rings is 1. The third-order valence-electron chi connectivity index (χ3n) is 2.92. The van der Waals surface area contributed by atoms with Crippen LogP contribution >= 0.6 is 11.6 Å². The van der Waals surface area contributed by atoms with Gasteiger partial charge >= 0.3 is 153 Å². The Morgan fingerprint density at radius 2 is 2.17 bits per heavy atom. The zero-order valence-electron chi connectivity index (χ0n) is 12.5. The van der Waals surface area contributed by atoms with Crippen molar-refractivity contribution in [3.63, 3.8) is 0 Å². The molecule has 3 rings (SSSR count). The molecule has 8 nitrogen and oxygen atoms in total. The maximum atomic E-state index is 11.0. The maximum absolute atomic E-state index is 11.0. The van der Waals surface area contributed by atoms with Gasteiger partial charge in [-0.2, -0.15) is 0 Å². The van der Waals surface area contributed by atoms with Crippen molar-refractivity contribution in [2.24, 2.45) is 0 Å². The number of esters is 1. The number of ether oxygens (including phenoxy) is 2. The average molecular weight is 456 g/mol. The molecular weight excluding hydrogens is 447 g/mol. The van der Waals surface area contributed by atoms with E-state index in [1.165, 1.54) is 14.0 Å². The van der Waals surface area contributed by atoms with Crippen molar-refractivity contribution in [2.45, 2.75) is 6.92 Å². The molecule has 0 bridgehead atoms. The summed E-state index contributed by atoms with van der Waals surface area (Å²) >= 11 is 5.55. The molecular formula is C13H9BClIN5O3-. The summed E-state index contributed by atoms with van der Waals surface area (Å²) in [7, 11) is 1.49. The molecule has 0 aromatic carbocycles. The molecule has 0 aliphatic heterocycles. The van der Waals surface area contributed by atoms with Crippen LogP contribution < -0.4 is 30.5 Å². The SMILES string of the molecule is [B][I-]c1ncc(-c2nc3nc(OC(C)=O)[nH]c3cc2Cl)c(OC)n1. The van der Waals surface area contributed by atoms with Gasteiger partial charge in [-0.25, -0.2) is 0 Å². The summed E-state index contributed by atoms with van der Waals surface area (Å²) in [6, 6.07) is 1.67. The van der Waals surface area contributed by atoms with Crippen LogP contribution in [-0.2, 0) is 4.79 Å². The number of hydrogen-bond acceptors (Lipinski definition) is 7. The van der Waals surface area contributed by atoms with E-state index < -0.39 is 27.0 Å². The molecule has 3 aromatic heterocycles. The van der Waals surface area contributed by atoms with E-state index in [0.29, 0.717) is 37.2 Å². The van der Waals surface area contributed by atoms with Gasteiger partial charge in [0, 0.05) is 0 Å². The molecule has 0 aliphatic rings. The summed E-state index contributed by atoms with van der Waals surface area (Å²) in [5, 5.41) is 0.345. The molecule has 3 heterocycles. The van der Waals surface area contributed by atoms with Crippen molar-refractivity contribution in [3.05, 3.63) is 21.1 Å².